The number of ketones is 2. The van der Waals surface area contributed by atoms with E-state index in [4.69, 9.17) is 9.47 Å². The number of rotatable bonds is 8. The van der Waals surface area contributed by atoms with Gasteiger partial charge >= 0.3 is 0 Å². The highest BCUT2D eigenvalue weighted by Crippen LogP contribution is 2.28. The van der Waals surface area contributed by atoms with Crippen molar-refractivity contribution in [2.24, 2.45) is 0 Å². The predicted octanol–water partition coefficient (Wildman–Crippen LogP) is 4.65. The second kappa shape index (κ2) is 9.54. The average Bonchev–Trinajstić information content (AvgIpc) is 2.76. The molecule has 0 saturated heterocycles. The third-order valence-corrected chi connectivity index (χ3v) is 5.38. The van der Waals surface area contributed by atoms with Crippen LogP contribution >= 0.6 is 11.8 Å². The normalized spacial score (nSPS) is 10.5. The van der Waals surface area contributed by atoms with E-state index in [1.54, 1.807) is 45.4 Å². The van der Waals surface area contributed by atoms with Crippen LogP contribution in [0.25, 0.3) is 11.3 Å². The number of aryl methyl sites for hydroxylation is 1. The molecular weight excluding hydrogens is 400 g/mol. The van der Waals surface area contributed by atoms with Crippen LogP contribution in [-0.2, 0) is 0 Å². The Kier molecular flexibility index (Phi) is 6.84. The summed E-state index contributed by atoms with van der Waals surface area (Å²) in [5.74, 6) is 1.46. The Morgan fingerprint density at radius 1 is 0.900 bits per heavy atom. The topological polar surface area (TPSA) is 78.4 Å². The first-order valence-corrected chi connectivity index (χ1v) is 10.3. The van der Waals surface area contributed by atoms with Crippen molar-refractivity contribution in [3.63, 3.8) is 0 Å². The second-order valence-electron chi connectivity index (χ2n) is 6.54. The number of methoxy groups -OCH3 is 2. The van der Waals surface area contributed by atoms with E-state index in [1.807, 2.05) is 24.3 Å². The summed E-state index contributed by atoms with van der Waals surface area (Å²) in [5.41, 5.74) is 3.00. The van der Waals surface area contributed by atoms with Crippen molar-refractivity contribution in [3.8, 4) is 22.8 Å². The number of hydrogen-bond acceptors (Lipinski definition) is 7. The van der Waals surface area contributed by atoms with Gasteiger partial charge < -0.3 is 9.47 Å². The Hall–Kier alpha value is -3.19. The molecule has 0 bridgehead atoms. The lowest BCUT2D eigenvalue weighted by molar-refractivity contribution is 0.101. The number of benzene rings is 2. The number of aromatic nitrogens is 2. The lowest BCUT2D eigenvalue weighted by Crippen LogP contribution is -2.08. The molecule has 6 nitrogen and oxygen atoms in total. The van der Waals surface area contributed by atoms with Gasteiger partial charge in [0.15, 0.2) is 16.7 Å². The smallest absolute Gasteiger partial charge is 0.188 e. The molecule has 0 aliphatic heterocycles. The third kappa shape index (κ3) is 4.86. The summed E-state index contributed by atoms with van der Waals surface area (Å²) < 4.78 is 10.3. The maximum Gasteiger partial charge on any atom is 0.188 e. The van der Waals surface area contributed by atoms with Crippen molar-refractivity contribution in [3.05, 3.63) is 65.4 Å². The molecule has 1 heterocycles. The third-order valence-electron chi connectivity index (χ3n) is 4.53. The molecule has 0 spiro atoms. The quantitative estimate of drug-likeness (QED) is 0.297. The number of hydrogen-bond donors (Lipinski definition) is 0. The van der Waals surface area contributed by atoms with E-state index >= 15 is 0 Å². The van der Waals surface area contributed by atoms with Crippen LogP contribution in [-0.4, -0.2) is 41.5 Å². The molecule has 0 N–H and O–H groups in total. The van der Waals surface area contributed by atoms with E-state index in [9.17, 15) is 9.59 Å². The first-order valence-electron chi connectivity index (χ1n) is 9.27. The summed E-state index contributed by atoms with van der Waals surface area (Å²) in [5, 5.41) is 0.449. The lowest BCUT2D eigenvalue weighted by Gasteiger charge is -2.12. The fourth-order valence-electron chi connectivity index (χ4n) is 2.98. The lowest BCUT2D eigenvalue weighted by atomic mass is 10.0. The number of carbonyl (C=O) groups excluding carboxylic acids is 2. The predicted molar refractivity (Wildman–Crippen MR) is 117 cm³/mol. The van der Waals surface area contributed by atoms with E-state index < -0.39 is 0 Å². The molecule has 30 heavy (non-hydrogen) atoms. The van der Waals surface area contributed by atoms with Gasteiger partial charge in [-0.05, 0) is 62.4 Å². The van der Waals surface area contributed by atoms with E-state index in [-0.39, 0.29) is 17.3 Å². The molecule has 2 aromatic carbocycles. The molecule has 0 aliphatic carbocycles. The SMILES string of the molecule is COc1ccc(C(=O)CSc2nc(C)c(C(C)=O)c(-c3ccc(OC)cc3)n2)cc1. The summed E-state index contributed by atoms with van der Waals surface area (Å²) in [4.78, 5) is 33.8. The van der Waals surface area contributed by atoms with Crippen LogP contribution in [0.2, 0.25) is 0 Å². The monoisotopic (exact) mass is 422 g/mol. The van der Waals surface area contributed by atoms with Crippen LogP contribution in [0.15, 0.2) is 53.7 Å². The highest BCUT2D eigenvalue weighted by atomic mass is 32.2. The van der Waals surface area contributed by atoms with Crippen LogP contribution in [0.4, 0.5) is 0 Å². The van der Waals surface area contributed by atoms with E-state index in [0.29, 0.717) is 39.2 Å². The van der Waals surface area contributed by atoms with E-state index in [2.05, 4.69) is 9.97 Å². The zero-order valence-electron chi connectivity index (χ0n) is 17.3. The summed E-state index contributed by atoms with van der Waals surface area (Å²) in [6.07, 6.45) is 0. The van der Waals surface area contributed by atoms with Gasteiger partial charge in [0.1, 0.15) is 11.5 Å². The van der Waals surface area contributed by atoms with Crippen molar-refractivity contribution < 1.29 is 19.1 Å². The second-order valence-corrected chi connectivity index (χ2v) is 7.48. The summed E-state index contributed by atoms with van der Waals surface area (Å²) in [6, 6.07) is 14.3. The number of nitrogens with zero attached hydrogens (tertiary/aromatic N) is 2. The van der Waals surface area contributed by atoms with Gasteiger partial charge in [0, 0.05) is 11.1 Å². The average molecular weight is 423 g/mol. The Bertz CT molecular complexity index is 1060. The molecule has 0 saturated carbocycles. The van der Waals surface area contributed by atoms with Gasteiger partial charge in [0.2, 0.25) is 0 Å². The highest BCUT2D eigenvalue weighted by Gasteiger charge is 2.18. The maximum atomic E-state index is 12.5. The minimum Gasteiger partial charge on any atom is -0.497 e. The molecule has 0 fully saturated rings. The van der Waals surface area contributed by atoms with Crippen LogP contribution < -0.4 is 9.47 Å². The van der Waals surface area contributed by atoms with Crippen molar-refractivity contribution in [1.82, 2.24) is 9.97 Å². The molecule has 0 aliphatic rings. The zero-order valence-corrected chi connectivity index (χ0v) is 18.1. The van der Waals surface area contributed by atoms with Crippen molar-refractivity contribution in [2.75, 3.05) is 20.0 Å². The molecule has 0 radical (unpaired) electrons. The molecular formula is C23H22N2O4S. The first kappa shape index (κ1) is 21.5. The fourth-order valence-corrected chi connectivity index (χ4v) is 3.77. The molecule has 0 atom stereocenters. The molecule has 0 unspecified atom stereocenters. The standard InChI is InChI=1S/C23H22N2O4S/c1-14-21(15(2)26)22(17-7-11-19(29-4)12-8-17)25-23(24-14)30-13-20(27)16-5-9-18(28-3)10-6-16/h5-12H,13H2,1-4H3. The number of Topliss-reactive ketones (excluding diaryl/α,β-unsaturated/α-hetero) is 2. The molecule has 1 aromatic heterocycles. The highest BCUT2D eigenvalue weighted by molar-refractivity contribution is 7.99. The summed E-state index contributed by atoms with van der Waals surface area (Å²) in [6.45, 7) is 3.28. The van der Waals surface area contributed by atoms with Crippen LogP contribution in [0, 0.1) is 6.92 Å². The molecule has 7 heteroatoms. The minimum absolute atomic E-state index is 0.0365. The van der Waals surface area contributed by atoms with Gasteiger partial charge in [-0.15, -0.1) is 0 Å². The largest absolute Gasteiger partial charge is 0.497 e. The van der Waals surface area contributed by atoms with Gasteiger partial charge in [-0.1, -0.05) is 11.8 Å². The Balaban J connectivity index is 1.86. The number of ether oxygens (including phenoxy) is 2. The molecule has 3 rings (SSSR count). The van der Waals surface area contributed by atoms with Crippen molar-refractivity contribution >= 4 is 23.3 Å². The van der Waals surface area contributed by atoms with Gasteiger partial charge in [-0.25, -0.2) is 9.97 Å². The van der Waals surface area contributed by atoms with E-state index in [0.717, 1.165) is 5.56 Å². The van der Waals surface area contributed by atoms with Gasteiger partial charge in [-0.2, -0.15) is 0 Å². The first-order chi connectivity index (χ1) is 14.4. The molecule has 0 amide bonds. The molecule has 154 valence electrons. The fraction of sp³-hybridized carbons (Fsp3) is 0.217. The van der Waals surface area contributed by atoms with Gasteiger partial charge in [0.05, 0.1) is 36.9 Å². The summed E-state index contributed by atoms with van der Waals surface area (Å²) >= 11 is 1.25. The maximum absolute atomic E-state index is 12.5. The zero-order chi connectivity index (χ0) is 21.7. The van der Waals surface area contributed by atoms with Gasteiger partial charge in [-0.3, -0.25) is 9.59 Å². The van der Waals surface area contributed by atoms with E-state index in [1.165, 1.54) is 18.7 Å². The number of thioether (sulfide) groups is 1. The Morgan fingerprint density at radius 3 is 2.00 bits per heavy atom. The van der Waals surface area contributed by atoms with Gasteiger partial charge in [0.25, 0.3) is 0 Å². The minimum atomic E-state index is -0.107. The van der Waals surface area contributed by atoms with Crippen LogP contribution in [0.3, 0.4) is 0 Å². The van der Waals surface area contributed by atoms with Crippen LogP contribution in [0.5, 0.6) is 11.5 Å². The van der Waals surface area contributed by atoms with Crippen molar-refractivity contribution in [1.29, 1.82) is 0 Å². The Morgan fingerprint density at radius 2 is 1.47 bits per heavy atom. The summed E-state index contributed by atoms with van der Waals surface area (Å²) in [7, 11) is 3.18. The van der Waals surface area contributed by atoms with Crippen molar-refractivity contribution in [2.45, 2.75) is 19.0 Å². The van der Waals surface area contributed by atoms with Crippen LogP contribution in [0.1, 0.15) is 33.3 Å². The molecule has 3 aromatic rings. The number of carbonyl (C=O) groups is 2. The Labute approximate surface area is 179 Å².